The van der Waals surface area contributed by atoms with Crippen LogP contribution in [-0.4, -0.2) is 43.4 Å². The first-order valence-electron chi connectivity index (χ1n) is 10.4. The van der Waals surface area contributed by atoms with E-state index < -0.39 is 0 Å². The fourth-order valence-electron chi connectivity index (χ4n) is 4.43. The summed E-state index contributed by atoms with van der Waals surface area (Å²) in [4.78, 5) is 41.1. The van der Waals surface area contributed by atoms with Crippen LogP contribution >= 0.6 is 0 Å². The molecule has 2 aliphatic rings. The number of amides is 3. The van der Waals surface area contributed by atoms with Crippen molar-refractivity contribution in [1.82, 2.24) is 4.90 Å². The molecule has 2 aromatic rings. The number of ether oxygens (including phenoxy) is 2. The van der Waals surface area contributed by atoms with Gasteiger partial charge in [-0.1, -0.05) is 13.0 Å². The second-order valence-corrected chi connectivity index (χ2v) is 7.99. The van der Waals surface area contributed by atoms with Gasteiger partial charge in [0.1, 0.15) is 11.5 Å². The van der Waals surface area contributed by atoms with Gasteiger partial charge in [0, 0.05) is 36.1 Å². The highest BCUT2D eigenvalue weighted by Crippen LogP contribution is 2.39. The third-order valence-electron chi connectivity index (χ3n) is 6.04. The highest BCUT2D eigenvalue weighted by molar-refractivity contribution is 6.21. The Morgan fingerprint density at radius 1 is 1.06 bits per heavy atom. The summed E-state index contributed by atoms with van der Waals surface area (Å²) in [6.45, 7) is 2.37. The van der Waals surface area contributed by atoms with Gasteiger partial charge in [0.2, 0.25) is 11.8 Å². The van der Waals surface area contributed by atoms with Crippen molar-refractivity contribution < 1.29 is 23.9 Å². The minimum Gasteiger partial charge on any atom is -0.497 e. The lowest BCUT2D eigenvalue weighted by Gasteiger charge is -2.27. The van der Waals surface area contributed by atoms with E-state index in [0.717, 1.165) is 18.4 Å². The summed E-state index contributed by atoms with van der Waals surface area (Å²) in [6, 6.07) is 12.3. The molecule has 0 unspecified atom stereocenters. The fraction of sp³-hybridized carbons (Fsp3) is 0.375. The molecule has 0 saturated carbocycles. The lowest BCUT2D eigenvalue weighted by Crippen LogP contribution is -2.32. The maximum Gasteiger partial charge on any atom is 0.254 e. The van der Waals surface area contributed by atoms with Crippen LogP contribution in [0, 0.1) is 5.92 Å². The molecule has 0 radical (unpaired) electrons. The molecular formula is C24H26N2O5. The molecule has 2 atom stereocenters. The number of anilines is 1. The van der Waals surface area contributed by atoms with Crippen molar-refractivity contribution in [2.24, 2.45) is 5.92 Å². The quantitative estimate of drug-likeness (QED) is 0.689. The van der Waals surface area contributed by atoms with E-state index in [-0.39, 0.29) is 36.1 Å². The number of rotatable bonds is 5. The van der Waals surface area contributed by atoms with Crippen LogP contribution in [0.1, 0.15) is 48.1 Å². The van der Waals surface area contributed by atoms with Crippen molar-refractivity contribution in [3.05, 3.63) is 53.6 Å². The van der Waals surface area contributed by atoms with E-state index >= 15 is 0 Å². The smallest absolute Gasteiger partial charge is 0.254 e. The van der Waals surface area contributed by atoms with Gasteiger partial charge < -0.3 is 14.4 Å². The number of hydrogen-bond donors (Lipinski definition) is 0. The van der Waals surface area contributed by atoms with Crippen LogP contribution in [0.4, 0.5) is 5.69 Å². The molecule has 0 spiro atoms. The van der Waals surface area contributed by atoms with E-state index in [1.54, 1.807) is 45.4 Å². The summed E-state index contributed by atoms with van der Waals surface area (Å²) < 4.78 is 10.8. The number of methoxy groups -OCH3 is 2. The van der Waals surface area contributed by atoms with Gasteiger partial charge in [0.15, 0.2) is 0 Å². The maximum absolute atomic E-state index is 13.4. The zero-order chi connectivity index (χ0) is 22.1. The standard InChI is InChI=1S/C24H26N2O5/c1-15-12-22(27)26(23(15)28)17-7-4-6-16(13-17)24(29)25-11-5-8-20(25)19-10-9-18(30-2)14-21(19)31-3/h4,6-7,9-10,13-15,20H,5,8,11-12H2,1-3H3/t15-,20-/m1/s1. The summed E-state index contributed by atoms with van der Waals surface area (Å²) in [5, 5.41) is 0. The molecule has 2 saturated heterocycles. The zero-order valence-corrected chi connectivity index (χ0v) is 18.0. The van der Waals surface area contributed by atoms with Crippen LogP contribution < -0.4 is 14.4 Å². The fourth-order valence-corrected chi connectivity index (χ4v) is 4.43. The van der Waals surface area contributed by atoms with E-state index in [2.05, 4.69) is 0 Å². The van der Waals surface area contributed by atoms with Crippen molar-refractivity contribution in [3.8, 4) is 11.5 Å². The molecule has 2 heterocycles. The summed E-state index contributed by atoms with van der Waals surface area (Å²) in [7, 11) is 3.21. The van der Waals surface area contributed by atoms with Crippen LogP contribution in [-0.2, 0) is 9.59 Å². The van der Waals surface area contributed by atoms with Gasteiger partial charge in [0.05, 0.1) is 25.9 Å². The zero-order valence-electron chi connectivity index (χ0n) is 18.0. The van der Waals surface area contributed by atoms with E-state index in [1.165, 1.54) is 4.90 Å². The Labute approximate surface area is 181 Å². The number of hydrogen-bond acceptors (Lipinski definition) is 5. The molecule has 4 rings (SSSR count). The highest BCUT2D eigenvalue weighted by Gasteiger charge is 2.37. The molecule has 0 aromatic heterocycles. The van der Waals surface area contributed by atoms with Gasteiger partial charge >= 0.3 is 0 Å². The number of carbonyl (C=O) groups excluding carboxylic acids is 3. The number of carbonyl (C=O) groups is 3. The number of likely N-dealkylation sites (tertiary alicyclic amines) is 1. The predicted molar refractivity (Wildman–Crippen MR) is 115 cm³/mol. The molecule has 3 amide bonds. The molecule has 162 valence electrons. The average molecular weight is 422 g/mol. The molecule has 2 fully saturated rings. The first-order chi connectivity index (χ1) is 14.9. The average Bonchev–Trinajstić information content (AvgIpc) is 3.37. The first kappa shape index (κ1) is 20.9. The second kappa shape index (κ2) is 8.41. The first-order valence-corrected chi connectivity index (χ1v) is 10.4. The molecule has 31 heavy (non-hydrogen) atoms. The summed E-state index contributed by atoms with van der Waals surface area (Å²) in [5.74, 6) is 0.450. The van der Waals surface area contributed by atoms with Gasteiger partial charge in [-0.2, -0.15) is 0 Å². The molecule has 2 aromatic carbocycles. The minimum absolute atomic E-state index is 0.118. The van der Waals surface area contributed by atoms with Crippen molar-refractivity contribution in [2.75, 3.05) is 25.7 Å². The Morgan fingerprint density at radius 3 is 2.55 bits per heavy atom. The Balaban J connectivity index is 1.63. The predicted octanol–water partition coefficient (Wildman–Crippen LogP) is 3.58. The number of imide groups is 1. The van der Waals surface area contributed by atoms with E-state index in [4.69, 9.17) is 9.47 Å². The highest BCUT2D eigenvalue weighted by atomic mass is 16.5. The summed E-state index contributed by atoms with van der Waals surface area (Å²) in [5.41, 5.74) is 1.84. The molecule has 0 bridgehead atoms. The normalized spacial score (nSPS) is 21.0. The lowest BCUT2D eigenvalue weighted by molar-refractivity contribution is -0.122. The van der Waals surface area contributed by atoms with Crippen LogP contribution in [0.15, 0.2) is 42.5 Å². The van der Waals surface area contributed by atoms with Crippen LogP contribution in [0.25, 0.3) is 0 Å². The van der Waals surface area contributed by atoms with Gasteiger partial charge in [0.25, 0.3) is 5.91 Å². The Bertz CT molecular complexity index is 1030. The molecule has 7 nitrogen and oxygen atoms in total. The molecule has 0 aliphatic carbocycles. The number of benzene rings is 2. The second-order valence-electron chi connectivity index (χ2n) is 7.99. The van der Waals surface area contributed by atoms with Crippen LogP contribution in [0.3, 0.4) is 0 Å². The van der Waals surface area contributed by atoms with Crippen LogP contribution in [0.2, 0.25) is 0 Å². The molecular weight excluding hydrogens is 396 g/mol. The monoisotopic (exact) mass is 422 g/mol. The third kappa shape index (κ3) is 3.76. The van der Waals surface area contributed by atoms with E-state index in [9.17, 15) is 14.4 Å². The van der Waals surface area contributed by atoms with Crippen molar-refractivity contribution in [3.63, 3.8) is 0 Å². The topological polar surface area (TPSA) is 76.2 Å². The van der Waals surface area contributed by atoms with Crippen molar-refractivity contribution in [1.29, 1.82) is 0 Å². The summed E-state index contributed by atoms with van der Waals surface area (Å²) >= 11 is 0. The molecule has 0 N–H and O–H groups in total. The Morgan fingerprint density at radius 2 is 1.87 bits per heavy atom. The van der Waals surface area contributed by atoms with Crippen molar-refractivity contribution >= 4 is 23.4 Å². The van der Waals surface area contributed by atoms with Gasteiger partial charge in [-0.15, -0.1) is 0 Å². The lowest BCUT2D eigenvalue weighted by atomic mass is 10.0. The summed E-state index contributed by atoms with van der Waals surface area (Å²) in [6.07, 6.45) is 1.91. The van der Waals surface area contributed by atoms with Gasteiger partial charge in [-0.05, 0) is 43.2 Å². The van der Waals surface area contributed by atoms with Crippen LogP contribution in [0.5, 0.6) is 11.5 Å². The Hall–Kier alpha value is -3.35. The van der Waals surface area contributed by atoms with E-state index in [0.29, 0.717) is 29.3 Å². The number of nitrogens with zero attached hydrogens (tertiary/aromatic N) is 2. The Kier molecular flexibility index (Phi) is 5.67. The molecule has 7 heteroatoms. The maximum atomic E-state index is 13.4. The third-order valence-corrected chi connectivity index (χ3v) is 6.04. The largest absolute Gasteiger partial charge is 0.497 e. The molecule has 2 aliphatic heterocycles. The van der Waals surface area contributed by atoms with Gasteiger partial charge in [-0.25, -0.2) is 0 Å². The van der Waals surface area contributed by atoms with E-state index in [1.807, 2.05) is 23.1 Å². The van der Waals surface area contributed by atoms with Crippen molar-refractivity contribution in [2.45, 2.75) is 32.2 Å². The SMILES string of the molecule is COc1ccc([C@H]2CCCN2C(=O)c2cccc(N3C(=O)C[C@@H](C)C3=O)c2)c(OC)c1. The minimum atomic E-state index is -0.336. The van der Waals surface area contributed by atoms with Gasteiger partial charge in [-0.3, -0.25) is 19.3 Å².